The van der Waals surface area contributed by atoms with E-state index in [1.807, 2.05) is 6.07 Å². The van der Waals surface area contributed by atoms with E-state index in [0.717, 1.165) is 77.9 Å². The number of aromatic amines is 1. The SMILES string of the molecule is COc1cc(Nc2nc(C3C4CCCCC43)nc3cn[nH]c23)ccc1N1CCOCC1. The zero-order valence-electron chi connectivity index (χ0n) is 17.8. The molecule has 162 valence electrons. The highest BCUT2D eigenvalue weighted by Crippen LogP contribution is 2.60. The van der Waals surface area contributed by atoms with Gasteiger partial charge in [-0.2, -0.15) is 5.10 Å². The van der Waals surface area contributed by atoms with Crippen molar-refractivity contribution in [2.75, 3.05) is 43.6 Å². The van der Waals surface area contributed by atoms with E-state index in [0.29, 0.717) is 5.92 Å². The van der Waals surface area contributed by atoms with Crippen LogP contribution in [0.1, 0.15) is 37.4 Å². The Hall–Kier alpha value is -2.87. The quantitative estimate of drug-likeness (QED) is 0.648. The van der Waals surface area contributed by atoms with Gasteiger partial charge >= 0.3 is 0 Å². The third kappa shape index (κ3) is 3.39. The molecular weight excluding hydrogens is 392 g/mol. The number of nitrogens with one attached hydrogen (secondary N) is 2. The van der Waals surface area contributed by atoms with Crippen molar-refractivity contribution >= 4 is 28.2 Å². The largest absolute Gasteiger partial charge is 0.495 e. The summed E-state index contributed by atoms with van der Waals surface area (Å²) in [6.45, 7) is 3.23. The van der Waals surface area contributed by atoms with Gasteiger partial charge in [-0.05, 0) is 36.8 Å². The molecule has 2 atom stereocenters. The van der Waals surface area contributed by atoms with Gasteiger partial charge < -0.3 is 19.7 Å². The van der Waals surface area contributed by atoms with Crippen molar-refractivity contribution in [2.24, 2.45) is 11.8 Å². The summed E-state index contributed by atoms with van der Waals surface area (Å²) in [5, 5.41) is 10.8. The van der Waals surface area contributed by atoms with Crippen LogP contribution in [0.5, 0.6) is 5.75 Å². The third-order valence-corrected chi connectivity index (χ3v) is 7.07. The zero-order chi connectivity index (χ0) is 20.8. The van der Waals surface area contributed by atoms with Crippen molar-refractivity contribution in [3.05, 3.63) is 30.2 Å². The lowest BCUT2D eigenvalue weighted by atomic mass is 10.0. The van der Waals surface area contributed by atoms with Gasteiger partial charge in [0.15, 0.2) is 5.82 Å². The number of methoxy groups -OCH3 is 1. The van der Waals surface area contributed by atoms with E-state index >= 15 is 0 Å². The molecule has 3 aliphatic rings. The smallest absolute Gasteiger partial charge is 0.160 e. The van der Waals surface area contributed by atoms with Gasteiger partial charge in [-0.3, -0.25) is 5.10 Å². The number of hydrogen-bond acceptors (Lipinski definition) is 7. The summed E-state index contributed by atoms with van der Waals surface area (Å²) in [6.07, 6.45) is 7.09. The van der Waals surface area contributed by atoms with Crippen molar-refractivity contribution in [1.82, 2.24) is 20.2 Å². The number of anilines is 3. The fraction of sp³-hybridized carbons (Fsp3) is 0.522. The van der Waals surface area contributed by atoms with E-state index in [1.54, 1.807) is 13.3 Å². The Morgan fingerprint density at radius 3 is 2.71 bits per heavy atom. The molecule has 2 aromatic heterocycles. The van der Waals surface area contributed by atoms with E-state index in [9.17, 15) is 0 Å². The van der Waals surface area contributed by atoms with Crippen molar-refractivity contribution < 1.29 is 9.47 Å². The Morgan fingerprint density at radius 2 is 1.94 bits per heavy atom. The number of morpholine rings is 1. The van der Waals surface area contributed by atoms with Crippen molar-refractivity contribution in [3.8, 4) is 5.75 Å². The molecule has 2 unspecified atom stereocenters. The molecule has 2 saturated carbocycles. The molecule has 1 aliphatic heterocycles. The van der Waals surface area contributed by atoms with Crippen LogP contribution in [0.15, 0.2) is 24.4 Å². The van der Waals surface area contributed by atoms with Crippen molar-refractivity contribution in [1.29, 1.82) is 0 Å². The van der Waals surface area contributed by atoms with E-state index in [2.05, 4.69) is 32.5 Å². The minimum atomic E-state index is 0.501. The fourth-order valence-corrected chi connectivity index (χ4v) is 5.43. The number of nitrogens with zero attached hydrogens (tertiary/aromatic N) is 4. The number of hydrogen-bond donors (Lipinski definition) is 2. The van der Waals surface area contributed by atoms with Crippen LogP contribution in [-0.2, 0) is 4.74 Å². The summed E-state index contributed by atoms with van der Waals surface area (Å²) in [4.78, 5) is 12.1. The van der Waals surface area contributed by atoms with Gasteiger partial charge in [0.25, 0.3) is 0 Å². The van der Waals surface area contributed by atoms with Crippen molar-refractivity contribution in [2.45, 2.75) is 31.6 Å². The summed E-state index contributed by atoms with van der Waals surface area (Å²) >= 11 is 0. The summed E-state index contributed by atoms with van der Waals surface area (Å²) in [7, 11) is 1.72. The lowest BCUT2D eigenvalue weighted by Gasteiger charge is -2.30. The molecule has 31 heavy (non-hydrogen) atoms. The summed E-state index contributed by atoms with van der Waals surface area (Å²) in [5.74, 6) is 4.61. The first kappa shape index (κ1) is 18.9. The maximum Gasteiger partial charge on any atom is 0.160 e. The van der Waals surface area contributed by atoms with E-state index in [4.69, 9.17) is 19.4 Å². The minimum absolute atomic E-state index is 0.501. The Bertz CT molecular complexity index is 1080. The highest BCUT2D eigenvalue weighted by Gasteiger charge is 2.53. The van der Waals surface area contributed by atoms with Gasteiger partial charge in [-0.25, -0.2) is 9.97 Å². The molecule has 0 amide bonds. The minimum Gasteiger partial charge on any atom is -0.495 e. The topological polar surface area (TPSA) is 88.2 Å². The molecule has 0 bridgehead atoms. The number of benzene rings is 1. The molecule has 3 heterocycles. The van der Waals surface area contributed by atoms with Crippen LogP contribution < -0.4 is 15.0 Å². The number of ether oxygens (including phenoxy) is 2. The van der Waals surface area contributed by atoms with Crippen molar-refractivity contribution in [3.63, 3.8) is 0 Å². The second kappa shape index (κ2) is 7.67. The average molecular weight is 421 g/mol. The number of rotatable bonds is 5. The van der Waals surface area contributed by atoms with Gasteiger partial charge in [-0.15, -0.1) is 0 Å². The lowest BCUT2D eigenvalue weighted by molar-refractivity contribution is 0.122. The van der Waals surface area contributed by atoms with Crippen LogP contribution in [0, 0.1) is 11.8 Å². The van der Waals surface area contributed by atoms with Gasteiger partial charge in [0, 0.05) is 30.8 Å². The molecule has 2 N–H and O–H groups in total. The third-order valence-electron chi connectivity index (χ3n) is 7.07. The van der Waals surface area contributed by atoms with Crippen LogP contribution in [0.3, 0.4) is 0 Å². The van der Waals surface area contributed by atoms with Crippen LogP contribution in [0.25, 0.3) is 11.0 Å². The summed E-state index contributed by atoms with van der Waals surface area (Å²) in [6, 6.07) is 6.22. The predicted molar refractivity (Wildman–Crippen MR) is 119 cm³/mol. The second-order valence-corrected chi connectivity index (χ2v) is 8.81. The monoisotopic (exact) mass is 420 g/mol. The first-order valence-corrected chi connectivity index (χ1v) is 11.3. The summed E-state index contributed by atoms with van der Waals surface area (Å²) in [5.41, 5.74) is 3.73. The molecule has 3 aromatic rings. The zero-order valence-corrected chi connectivity index (χ0v) is 17.8. The highest BCUT2D eigenvalue weighted by molar-refractivity contribution is 5.87. The van der Waals surface area contributed by atoms with E-state index < -0.39 is 0 Å². The first-order valence-electron chi connectivity index (χ1n) is 11.3. The highest BCUT2D eigenvalue weighted by atomic mass is 16.5. The summed E-state index contributed by atoms with van der Waals surface area (Å²) < 4.78 is 11.2. The first-order chi connectivity index (χ1) is 15.3. The van der Waals surface area contributed by atoms with Gasteiger partial charge in [-0.1, -0.05) is 12.8 Å². The van der Waals surface area contributed by atoms with Crippen LogP contribution in [0.4, 0.5) is 17.2 Å². The van der Waals surface area contributed by atoms with E-state index in [-0.39, 0.29) is 0 Å². The second-order valence-electron chi connectivity index (χ2n) is 8.81. The molecule has 3 fully saturated rings. The van der Waals surface area contributed by atoms with Gasteiger partial charge in [0.2, 0.25) is 0 Å². The molecule has 2 aliphatic carbocycles. The molecular formula is C23H28N6O2. The molecule has 0 radical (unpaired) electrons. The normalized spacial score (nSPS) is 25.3. The molecule has 8 nitrogen and oxygen atoms in total. The number of aromatic nitrogens is 4. The predicted octanol–water partition coefficient (Wildman–Crippen LogP) is 3.85. The maximum atomic E-state index is 5.71. The molecule has 6 rings (SSSR count). The van der Waals surface area contributed by atoms with Crippen LogP contribution in [0.2, 0.25) is 0 Å². The Labute approximate surface area is 181 Å². The Balaban J connectivity index is 1.31. The van der Waals surface area contributed by atoms with Gasteiger partial charge in [0.1, 0.15) is 22.6 Å². The average Bonchev–Trinajstić information content (AvgIpc) is 3.36. The molecule has 1 aromatic carbocycles. The van der Waals surface area contributed by atoms with E-state index in [1.165, 1.54) is 25.7 Å². The molecule has 1 saturated heterocycles. The van der Waals surface area contributed by atoms with Gasteiger partial charge in [0.05, 0.1) is 32.2 Å². The maximum absolute atomic E-state index is 5.71. The molecule has 0 spiro atoms. The molecule has 8 heteroatoms. The standard InChI is InChI=1S/C23H28N6O2/c1-30-19-12-14(6-7-18(19)29-8-10-31-11-9-29)25-23-21-17(13-24-28-21)26-22(27-23)20-15-4-2-3-5-16(15)20/h6-7,12-13,15-16,20H,2-5,8-11H2,1H3,(H,24,28)(H,25,26,27). The number of H-pyrrole nitrogens is 1. The van der Waals surface area contributed by atoms with Crippen LogP contribution in [-0.4, -0.2) is 53.6 Å². The number of fused-ring (bicyclic) bond motifs is 2. The lowest BCUT2D eigenvalue weighted by Crippen LogP contribution is -2.36. The fourth-order valence-electron chi connectivity index (χ4n) is 5.43. The van der Waals surface area contributed by atoms with Crippen LogP contribution >= 0.6 is 0 Å². The Kier molecular flexibility index (Phi) is 4.67. The Morgan fingerprint density at radius 1 is 1.13 bits per heavy atom.